The molecule has 15 heavy (non-hydrogen) atoms. The van der Waals surface area contributed by atoms with Crippen LogP contribution in [0.1, 0.15) is 19.0 Å². The number of methoxy groups -OCH3 is 1. The third-order valence-electron chi connectivity index (χ3n) is 2.16. The molecule has 3 heteroatoms. The number of aromatic nitrogens is 1. The first-order valence-corrected chi connectivity index (χ1v) is 4.94. The van der Waals surface area contributed by atoms with Gasteiger partial charge < -0.3 is 10.1 Å². The molecule has 1 aromatic heterocycles. The summed E-state index contributed by atoms with van der Waals surface area (Å²) >= 11 is 0. The van der Waals surface area contributed by atoms with Crippen LogP contribution in [0.3, 0.4) is 0 Å². The van der Waals surface area contributed by atoms with Gasteiger partial charge in [-0.2, -0.15) is 0 Å². The van der Waals surface area contributed by atoms with E-state index < -0.39 is 0 Å². The van der Waals surface area contributed by atoms with E-state index in [4.69, 9.17) is 11.2 Å². The van der Waals surface area contributed by atoms with Crippen molar-refractivity contribution in [3.63, 3.8) is 0 Å². The lowest BCUT2D eigenvalue weighted by molar-refractivity contribution is 0.414. The lowest BCUT2D eigenvalue weighted by Crippen LogP contribution is -2.16. The van der Waals surface area contributed by atoms with E-state index >= 15 is 0 Å². The average molecular weight is 204 g/mol. The Labute approximate surface area is 90.9 Å². The van der Waals surface area contributed by atoms with Crippen LogP contribution in [-0.4, -0.2) is 18.1 Å². The van der Waals surface area contributed by atoms with Crippen molar-refractivity contribution < 1.29 is 4.74 Å². The molecule has 0 fully saturated rings. The first-order valence-electron chi connectivity index (χ1n) is 4.94. The molecular formula is C12H16N2O. The second-order valence-corrected chi connectivity index (χ2v) is 3.30. The Kier molecular flexibility index (Phi) is 3.99. The first-order chi connectivity index (χ1) is 7.21. The van der Waals surface area contributed by atoms with E-state index in [1.165, 1.54) is 0 Å². The minimum atomic E-state index is 0.0284. The summed E-state index contributed by atoms with van der Waals surface area (Å²) in [7, 11) is 1.62. The van der Waals surface area contributed by atoms with Gasteiger partial charge in [-0.1, -0.05) is 12.8 Å². The molecule has 1 rings (SSSR count). The summed E-state index contributed by atoms with van der Waals surface area (Å²) in [6.45, 7) is 3.97. The predicted molar refractivity (Wildman–Crippen MR) is 62.1 cm³/mol. The zero-order valence-electron chi connectivity index (χ0n) is 9.37. The molecular weight excluding hydrogens is 188 g/mol. The van der Waals surface area contributed by atoms with Crippen LogP contribution in [-0.2, 0) is 0 Å². The maximum atomic E-state index is 5.39. The van der Waals surface area contributed by atoms with Gasteiger partial charge in [0.1, 0.15) is 0 Å². The van der Waals surface area contributed by atoms with Crippen LogP contribution in [0, 0.1) is 19.3 Å². The Balaban J connectivity index is 2.92. The van der Waals surface area contributed by atoms with E-state index in [0.29, 0.717) is 5.75 Å². The lowest BCUT2D eigenvalue weighted by atomic mass is 10.2. The quantitative estimate of drug-likeness (QED) is 0.764. The standard InChI is InChI=1S/C12H16N2O/c1-5-10(6-2)14-11-7-9(3)13-8-12(11)15-4/h1,7-8,10H,6H2,2-4H3,(H,13,14). The topological polar surface area (TPSA) is 34.2 Å². The molecule has 0 spiro atoms. The maximum absolute atomic E-state index is 5.39. The SMILES string of the molecule is C#CC(CC)Nc1cc(C)ncc1OC. The van der Waals surface area contributed by atoms with Crippen molar-refractivity contribution in [1.29, 1.82) is 0 Å². The van der Waals surface area contributed by atoms with E-state index in [9.17, 15) is 0 Å². The normalized spacial score (nSPS) is 11.6. The molecule has 0 saturated heterocycles. The van der Waals surface area contributed by atoms with Crippen molar-refractivity contribution in [2.24, 2.45) is 0 Å². The van der Waals surface area contributed by atoms with Gasteiger partial charge in [-0.25, -0.2) is 0 Å². The molecule has 0 bridgehead atoms. The molecule has 1 heterocycles. The zero-order chi connectivity index (χ0) is 11.3. The van der Waals surface area contributed by atoms with Crippen LogP contribution in [0.5, 0.6) is 5.75 Å². The molecule has 1 unspecified atom stereocenters. The number of terminal acetylenes is 1. The van der Waals surface area contributed by atoms with Gasteiger partial charge in [-0.15, -0.1) is 6.42 Å². The summed E-state index contributed by atoms with van der Waals surface area (Å²) in [5, 5.41) is 3.24. The monoisotopic (exact) mass is 204 g/mol. The van der Waals surface area contributed by atoms with E-state index in [2.05, 4.69) is 16.2 Å². The van der Waals surface area contributed by atoms with Crippen LogP contribution in [0.25, 0.3) is 0 Å². The van der Waals surface area contributed by atoms with Gasteiger partial charge in [-0.05, 0) is 19.4 Å². The Morgan fingerprint density at radius 3 is 2.93 bits per heavy atom. The maximum Gasteiger partial charge on any atom is 0.160 e. The van der Waals surface area contributed by atoms with Gasteiger partial charge in [0.2, 0.25) is 0 Å². The van der Waals surface area contributed by atoms with Gasteiger partial charge >= 0.3 is 0 Å². The molecule has 0 amide bonds. The molecule has 0 aliphatic heterocycles. The molecule has 0 radical (unpaired) electrons. The molecule has 1 N–H and O–H groups in total. The molecule has 1 atom stereocenters. The highest BCUT2D eigenvalue weighted by Crippen LogP contribution is 2.24. The van der Waals surface area contributed by atoms with Gasteiger partial charge in [0.15, 0.2) is 5.75 Å². The van der Waals surface area contributed by atoms with Crippen molar-refractivity contribution in [3.05, 3.63) is 18.0 Å². The third-order valence-corrected chi connectivity index (χ3v) is 2.16. The fourth-order valence-electron chi connectivity index (χ4n) is 1.27. The number of hydrogen-bond acceptors (Lipinski definition) is 3. The molecule has 3 nitrogen and oxygen atoms in total. The molecule has 0 aliphatic rings. The highest BCUT2D eigenvalue weighted by atomic mass is 16.5. The van der Waals surface area contributed by atoms with Gasteiger partial charge in [-0.3, -0.25) is 4.98 Å². The minimum Gasteiger partial charge on any atom is -0.493 e. The number of hydrogen-bond donors (Lipinski definition) is 1. The first kappa shape index (κ1) is 11.4. The van der Waals surface area contributed by atoms with Crippen molar-refractivity contribution in [2.75, 3.05) is 12.4 Å². The summed E-state index contributed by atoms with van der Waals surface area (Å²) in [5.41, 5.74) is 1.83. The number of nitrogens with one attached hydrogen (secondary N) is 1. The second-order valence-electron chi connectivity index (χ2n) is 3.30. The number of nitrogens with zero attached hydrogens (tertiary/aromatic N) is 1. The fourth-order valence-corrected chi connectivity index (χ4v) is 1.27. The van der Waals surface area contributed by atoms with Crippen LogP contribution < -0.4 is 10.1 Å². The number of ether oxygens (including phenoxy) is 1. The molecule has 0 aromatic carbocycles. The van der Waals surface area contributed by atoms with Crippen LogP contribution in [0.2, 0.25) is 0 Å². The third kappa shape index (κ3) is 2.88. The summed E-state index contributed by atoms with van der Waals surface area (Å²) in [6, 6.07) is 1.96. The highest BCUT2D eigenvalue weighted by Gasteiger charge is 2.07. The molecule has 1 aromatic rings. The average Bonchev–Trinajstić information content (AvgIpc) is 2.26. The Morgan fingerprint density at radius 2 is 2.40 bits per heavy atom. The number of aryl methyl sites for hydroxylation is 1. The highest BCUT2D eigenvalue weighted by molar-refractivity contribution is 5.57. The van der Waals surface area contributed by atoms with Crippen molar-refractivity contribution in [2.45, 2.75) is 26.3 Å². The van der Waals surface area contributed by atoms with Gasteiger partial charge in [0.05, 0.1) is 25.0 Å². The van der Waals surface area contributed by atoms with Crippen molar-refractivity contribution >= 4 is 5.69 Å². The summed E-state index contributed by atoms with van der Waals surface area (Å²) in [6.07, 6.45) is 7.96. The Morgan fingerprint density at radius 1 is 1.67 bits per heavy atom. The van der Waals surface area contributed by atoms with E-state index in [1.54, 1.807) is 13.3 Å². The van der Waals surface area contributed by atoms with E-state index in [0.717, 1.165) is 17.8 Å². The number of rotatable bonds is 4. The van der Waals surface area contributed by atoms with E-state index in [-0.39, 0.29) is 6.04 Å². The summed E-state index contributed by atoms with van der Waals surface area (Å²) < 4.78 is 5.20. The minimum absolute atomic E-state index is 0.0284. The van der Waals surface area contributed by atoms with Gasteiger partial charge in [0, 0.05) is 5.69 Å². The summed E-state index contributed by atoms with van der Waals surface area (Å²) in [4.78, 5) is 4.15. The van der Waals surface area contributed by atoms with E-state index in [1.807, 2.05) is 19.9 Å². The van der Waals surface area contributed by atoms with Crippen LogP contribution >= 0.6 is 0 Å². The Hall–Kier alpha value is -1.69. The van der Waals surface area contributed by atoms with Crippen LogP contribution in [0.4, 0.5) is 5.69 Å². The number of anilines is 1. The van der Waals surface area contributed by atoms with Crippen molar-refractivity contribution in [1.82, 2.24) is 4.98 Å². The largest absolute Gasteiger partial charge is 0.493 e. The smallest absolute Gasteiger partial charge is 0.160 e. The number of pyridine rings is 1. The van der Waals surface area contributed by atoms with Crippen LogP contribution in [0.15, 0.2) is 12.3 Å². The zero-order valence-corrected chi connectivity index (χ0v) is 9.37. The fraction of sp³-hybridized carbons (Fsp3) is 0.417. The second kappa shape index (κ2) is 5.26. The molecule has 0 saturated carbocycles. The summed E-state index contributed by atoms with van der Waals surface area (Å²) in [5.74, 6) is 3.40. The van der Waals surface area contributed by atoms with Gasteiger partial charge in [0.25, 0.3) is 0 Å². The van der Waals surface area contributed by atoms with Crippen molar-refractivity contribution in [3.8, 4) is 18.1 Å². The Bertz CT molecular complexity index is 368. The predicted octanol–water partition coefficient (Wildman–Crippen LogP) is 2.22. The molecule has 0 aliphatic carbocycles. The lowest BCUT2D eigenvalue weighted by Gasteiger charge is -2.15. The molecule has 80 valence electrons.